The van der Waals surface area contributed by atoms with E-state index in [9.17, 15) is 0 Å². The Hall–Kier alpha value is -0.640. The number of aliphatic hydroxyl groups is 1. The SMILES string of the molecule is CN1CCN(CC2C=CC=C(CO)C2)CC1. The van der Waals surface area contributed by atoms with Crippen molar-refractivity contribution in [3.8, 4) is 0 Å². The average Bonchev–Trinajstić information content (AvgIpc) is 2.32. The smallest absolute Gasteiger partial charge is 0.0645 e. The molecule has 16 heavy (non-hydrogen) atoms. The van der Waals surface area contributed by atoms with Crippen molar-refractivity contribution in [2.24, 2.45) is 5.92 Å². The van der Waals surface area contributed by atoms with E-state index in [1.54, 1.807) is 0 Å². The van der Waals surface area contributed by atoms with Gasteiger partial charge in [0.25, 0.3) is 0 Å². The Kier molecular flexibility index (Phi) is 4.16. The van der Waals surface area contributed by atoms with E-state index in [1.807, 2.05) is 6.08 Å². The minimum Gasteiger partial charge on any atom is -0.392 e. The summed E-state index contributed by atoms with van der Waals surface area (Å²) < 4.78 is 0. The van der Waals surface area contributed by atoms with Gasteiger partial charge in [-0.05, 0) is 25.0 Å². The molecule has 1 aliphatic heterocycles. The Morgan fingerprint density at radius 2 is 2.06 bits per heavy atom. The molecule has 0 amide bonds. The molecule has 90 valence electrons. The van der Waals surface area contributed by atoms with Gasteiger partial charge in [0.2, 0.25) is 0 Å². The van der Waals surface area contributed by atoms with E-state index in [2.05, 4.69) is 29.0 Å². The second-order valence-electron chi connectivity index (χ2n) is 4.94. The van der Waals surface area contributed by atoms with E-state index in [0.717, 1.165) is 13.0 Å². The van der Waals surface area contributed by atoms with Gasteiger partial charge in [0.05, 0.1) is 6.61 Å². The van der Waals surface area contributed by atoms with E-state index in [-0.39, 0.29) is 6.61 Å². The van der Waals surface area contributed by atoms with Gasteiger partial charge in [-0.3, -0.25) is 0 Å². The summed E-state index contributed by atoms with van der Waals surface area (Å²) in [5.41, 5.74) is 1.17. The van der Waals surface area contributed by atoms with Crippen molar-refractivity contribution in [2.75, 3.05) is 46.4 Å². The molecule has 0 aromatic heterocycles. The van der Waals surface area contributed by atoms with Crippen LogP contribution in [0.25, 0.3) is 0 Å². The van der Waals surface area contributed by atoms with Crippen LogP contribution in [0.5, 0.6) is 0 Å². The standard InChI is InChI=1S/C13H22N2O/c1-14-5-7-15(8-6-14)10-12-3-2-4-13(9-12)11-16/h2-4,12,16H,5-11H2,1H3. The molecule has 0 aromatic carbocycles. The maximum absolute atomic E-state index is 9.13. The van der Waals surface area contributed by atoms with Gasteiger partial charge in [0.15, 0.2) is 0 Å². The third-order valence-corrected chi connectivity index (χ3v) is 3.53. The molecule has 0 spiro atoms. The van der Waals surface area contributed by atoms with Gasteiger partial charge in [-0.2, -0.15) is 0 Å². The number of aliphatic hydroxyl groups excluding tert-OH is 1. The Morgan fingerprint density at radius 3 is 2.75 bits per heavy atom. The summed E-state index contributed by atoms with van der Waals surface area (Å²) in [5.74, 6) is 0.593. The van der Waals surface area contributed by atoms with Crippen molar-refractivity contribution >= 4 is 0 Å². The number of hydrogen-bond acceptors (Lipinski definition) is 3. The number of likely N-dealkylation sites (N-methyl/N-ethyl adjacent to an activating group) is 1. The fourth-order valence-electron chi connectivity index (χ4n) is 2.43. The van der Waals surface area contributed by atoms with Gasteiger partial charge in [0.1, 0.15) is 0 Å². The van der Waals surface area contributed by atoms with E-state index >= 15 is 0 Å². The second-order valence-corrected chi connectivity index (χ2v) is 4.94. The molecule has 1 aliphatic carbocycles. The molecule has 1 atom stereocenters. The largest absolute Gasteiger partial charge is 0.392 e. The molecule has 1 saturated heterocycles. The molecule has 0 aromatic rings. The molecule has 1 heterocycles. The number of hydrogen-bond donors (Lipinski definition) is 1. The molecular formula is C13H22N2O. The van der Waals surface area contributed by atoms with Gasteiger partial charge in [-0.15, -0.1) is 0 Å². The quantitative estimate of drug-likeness (QED) is 0.762. The minimum absolute atomic E-state index is 0.212. The van der Waals surface area contributed by atoms with E-state index < -0.39 is 0 Å². The lowest BCUT2D eigenvalue weighted by atomic mass is 9.94. The number of allylic oxidation sites excluding steroid dienone is 2. The van der Waals surface area contributed by atoms with Gasteiger partial charge in [-0.25, -0.2) is 0 Å². The fourth-order valence-corrected chi connectivity index (χ4v) is 2.43. The van der Waals surface area contributed by atoms with Crippen LogP contribution in [0.2, 0.25) is 0 Å². The highest BCUT2D eigenvalue weighted by atomic mass is 16.3. The van der Waals surface area contributed by atoms with Crippen LogP contribution in [-0.4, -0.2) is 61.3 Å². The van der Waals surface area contributed by atoms with Gasteiger partial charge in [-0.1, -0.05) is 18.2 Å². The summed E-state index contributed by atoms with van der Waals surface area (Å²) in [5, 5.41) is 9.13. The third kappa shape index (κ3) is 3.17. The Balaban J connectivity index is 1.78. The lowest BCUT2D eigenvalue weighted by molar-refractivity contribution is 0.142. The van der Waals surface area contributed by atoms with Crippen molar-refractivity contribution in [2.45, 2.75) is 6.42 Å². The van der Waals surface area contributed by atoms with Gasteiger partial charge >= 0.3 is 0 Å². The highest BCUT2D eigenvalue weighted by Crippen LogP contribution is 2.19. The second kappa shape index (κ2) is 5.62. The molecule has 0 saturated carbocycles. The molecule has 3 heteroatoms. The zero-order chi connectivity index (χ0) is 11.4. The zero-order valence-electron chi connectivity index (χ0n) is 10.1. The Labute approximate surface area is 98.0 Å². The minimum atomic E-state index is 0.212. The maximum Gasteiger partial charge on any atom is 0.0645 e. The number of rotatable bonds is 3. The summed E-state index contributed by atoms with van der Waals surface area (Å²) in [6, 6.07) is 0. The topological polar surface area (TPSA) is 26.7 Å². The van der Waals surface area contributed by atoms with Gasteiger partial charge < -0.3 is 14.9 Å². The molecular weight excluding hydrogens is 200 g/mol. The predicted molar refractivity (Wildman–Crippen MR) is 66.4 cm³/mol. The number of piperazine rings is 1. The van der Waals surface area contributed by atoms with Gasteiger partial charge in [0, 0.05) is 32.7 Å². The first-order valence-electron chi connectivity index (χ1n) is 6.16. The van der Waals surface area contributed by atoms with E-state index in [4.69, 9.17) is 5.11 Å². The van der Waals surface area contributed by atoms with Crippen molar-refractivity contribution < 1.29 is 5.11 Å². The third-order valence-electron chi connectivity index (χ3n) is 3.53. The lowest BCUT2D eigenvalue weighted by Gasteiger charge is -2.34. The first-order valence-corrected chi connectivity index (χ1v) is 6.16. The van der Waals surface area contributed by atoms with Crippen molar-refractivity contribution in [3.05, 3.63) is 23.8 Å². The first kappa shape index (κ1) is 11.8. The molecule has 2 rings (SSSR count). The van der Waals surface area contributed by atoms with E-state index in [1.165, 1.54) is 31.8 Å². The van der Waals surface area contributed by atoms with Crippen LogP contribution in [0, 0.1) is 5.92 Å². The van der Waals surface area contributed by atoms with Crippen LogP contribution in [-0.2, 0) is 0 Å². The fraction of sp³-hybridized carbons (Fsp3) is 0.692. The van der Waals surface area contributed by atoms with Crippen LogP contribution in [0.1, 0.15) is 6.42 Å². The molecule has 1 unspecified atom stereocenters. The van der Waals surface area contributed by atoms with Crippen LogP contribution in [0.3, 0.4) is 0 Å². The number of nitrogens with zero attached hydrogens (tertiary/aromatic N) is 2. The molecule has 0 bridgehead atoms. The summed E-state index contributed by atoms with van der Waals surface area (Å²) in [6.45, 7) is 6.07. The van der Waals surface area contributed by atoms with Crippen LogP contribution < -0.4 is 0 Å². The lowest BCUT2D eigenvalue weighted by Crippen LogP contribution is -2.46. The first-order chi connectivity index (χ1) is 7.78. The molecule has 0 radical (unpaired) electrons. The molecule has 3 nitrogen and oxygen atoms in total. The van der Waals surface area contributed by atoms with Crippen LogP contribution in [0.4, 0.5) is 0 Å². The monoisotopic (exact) mass is 222 g/mol. The molecule has 1 fully saturated rings. The predicted octanol–water partition coefficient (Wildman–Crippen LogP) is 0.729. The van der Waals surface area contributed by atoms with Crippen LogP contribution in [0.15, 0.2) is 23.8 Å². The summed E-state index contributed by atoms with van der Waals surface area (Å²) in [4.78, 5) is 4.92. The van der Waals surface area contributed by atoms with Crippen molar-refractivity contribution in [3.63, 3.8) is 0 Å². The van der Waals surface area contributed by atoms with Crippen molar-refractivity contribution in [1.82, 2.24) is 9.80 Å². The Bertz CT molecular complexity index is 278. The normalized spacial score (nSPS) is 28.1. The van der Waals surface area contributed by atoms with Crippen LogP contribution >= 0.6 is 0 Å². The molecule has 2 aliphatic rings. The van der Waals surface area contributed by atoms with E-state index in [0.29, 0.717) is 5.92 Å². The average molecular weight is 222 g/mol. The maximum atomic E-state index is 9.13. The highest BCUT2D eigenvalue weighted by Gasteiger charge is 2.18. The Morgan fingerprint density at radius 1 is 1.31 bits per heavy atom. The zero-order valence-corrected chi connectivity index (χ0v) is 10.1. The van der Waals surface area contributed by atoms with Crippen molar-refractivity contribution in [1.29, 1.82) is 0 Å². The summed E-state index contributed by atoms with van der Waals surface area (Å²) in [7, 11) is 2.18. The summed E-state index contributed by atoms with van der Waals surface area (Å²) >= 11 is 0. The molecule has 1 N–H and O–H groups in total. The highest BCUT2D eigenvalue weighted by molar-refractivity contribution is 5.20. The summed E-state index contributed by atoms with van der Waals surface area (Å²) in [6.07, 6.45) is 7.44.